The minimum Gasteiger partial charge on any atom is -0.395 e. The molecule has 0 aliphatic carbocycles. The Kier molecular flexibility index (Phi) is 2.13. The van der Waals surface area contributed by atoms with Crippen LogP contribution in [0.3, 0.4) is 0 Å². The Morgan fingerprint density at radius 1 is 1.07 bits per heavy atom. The van der Waals surface area contributed by atoms with E-state index in [1.165, 1.54) is 0 Å². The molecule has 0 unspecified atom stereocenters. The van der Waals surface area contributed by atoms with Gasteiger partial charge >= 0.3 is 0 Å². The van der Waals surface area contributed by atoms with Crippen molar-refractivity contribution >= 4 is 0 Å². The van der Waals surface area contributed by atoms with Crippen LogP contribution in [0.2, 0.25) is 0 Å². The van der Waals surface area contributed by atoms with E-state index in [9.17, 15) is 10.2 Å². The SMILES string of the molecule is [2H]C([2H])(O)[C@@H](NCCN[C@H](C([2H])([2H])O)C([2H])([2H])C([2H])([2H])[2H])C([2H])([2H])C([2H])([2H])[2H]. The van der Waals surface area contributed by atoms with E-state index < -0.39 is 64.7 Å². The molecule has 0 aromatic heterocycles. The predicted molar refractivity (Wildman–Crippen MR) is 58.3 cm³/mol. The molecule has 0 aliphatic rings. The van der Waals surface area contributed by atoms with Gasteiger partial charge < -0.3 is 20.8 Å². The molecule has 0 rings (SSSR count). The molecule has 86 valence electrons. The van der Waals surface area contributed by atoms with Crippen molar-refractivity contribution in [2.24, 2.45) is 0 Å². The van der Waals surface area contributed by atoms with E-state index in [-0.39, 0.29) is 0 Å². The van der Waals surface area contributed by atoms with Crippen LogP contribution in [0.5, 0.6) is 0 Å². The fourth-order valence-corrected chi connectivity index (χ4v) is 0.691. The molecule has 2 atom stereocenters. The zero-order valence-electron chi connectivity index (χ0n) is 21.5. The van der Waals surface area contributed by atoms with Crippen molar-refractivity contribution in [1.29, 1.82) is 0 Å². The van der Waals surface area contributed by atoms with Gasteiger partial charge in [0.25, 0.3) is 0 Å². The third kappa shape index (κ3) is 6.32. The summed E-state index contributed by atoms with van der Waals surface area (Å²) in [4.78, 5) is 0. The van der Waals surface area contributed by atoms with Crippen LogP contribution in [0.1, 0.15) is 45.6 Å². The standard InChI is InChI=1S/C10H24N2O2/c1-3-9(7-13)11-5-6-12-10(4-2)8-14/h9-14H,3-8H2,1-2H3/t9-,10-/m0/s1/i1D3,2D3,3D2,4D2,7D2,8D2. The highest BCUT2D eigenvalue weighted by Crippen LogP contribution is 1.89. The van der Waals surface area contributed by atoms with Crippen molar-refractivity contribution < 1.29 is 29.4 Å². The summed E-state index contributed by atoms with van der Waals surface area (Å²) in [6.45, 7) is -14.3. The van der Waals surface area contributed by atoms with Crippen molar-refractivity contribution in [2.45, 2.75) is 38.5 Å². The first-order valence-electron chi connectivity index (χ1n) is 10.9. The molecule has 0 bridgehead atoms. The second kappa shape index (κ2) is 9.40. The van der Waals surface area contributed by atoms with E-state index in [0.29, 0.717) is 0 Å². The van der Waals surface area contributed by atoms with Gasteiger partial charge in [-0.3, -0.25) is 0 Å². The second-order valence-corrected chi connectivity index (χ2v) is 2.32. The molecule has 0 amide bonds. The Morgan fingerprint density at radius 3 is 1.79 bits per heavy atom. The summed E-state index contributed by atoms with van der Waals surface area (Å²) in [5.41, 5.74) is 0. The molecule has 4 N–H and O–H groups in total. The molecular weight excluding hydrogens is 180 g/mol. The highest BCUT2D eigenvalue weighted by molar-refractivity contribution is 4.67. The average Bonchev–Trinajstić information content (AvgIpc) is 2.36. The molecule has 0 saturated heterocycles. The van der Waals surface area contributed by atoms with E-state index in [1.807, 2.05) is 0 Å². The number of hydrogen-bond donors (Lipinski definition) is 4. The Hall–Kier alpha value is -0.160. The first-order valence-corrected chi connectivity index (χ1v) is 3.89. The molecule has 0 saturated carbocycles. The van der Waals surface area contributed by atoms with Crippen LogP contribution in [0.15, 0.2) is 0 Å². The molecule has 14 heavy (non-hydrogen) atoms. The topological polar surface area (TPSA) is 64.5 Å². The van der Waals surface area contributed by atoms with Crippen LogP contribution < -0.4 is 10.6 Å². The van der Waals surface area contributed by atoms with Crippen molar-refractivity contribution in [3.63, 3.8) is 0 Å². The van der Waals surface area contributed by atoms with E-state index in [1.54, 1.807) is 0 Å². The molecule has 0 spiro atoms. The number of aliphatic hydroxyl groups is 2. The Balaban J connectivity index is 5.31. The van der Waals surface area contributed by atoms with Gasteiger partial charge in [0, 0.05) is 38.9 Å². The quantitative estimate of drug-likeness (QED) is 0.402. The highest BCUT2D eigenvalue weighted by atomic mass is 16.3. The van der Waals surface area contributed by atoms with Gasteiger partial charge in [0.05, 0.1) is 18.6 Å². The molecule has 0 fully saturated rings. The normalized spacial score (nSPS) is 36.1. The summed E-state index contributed by atoms with van der Waals surface area (Å²) in [7, 11) is 0. The van der Waals surface area contributed by atoms with Crippen LogP contribution in [-0.2, 0) is 0 Å². The summed E-state index contributed by atoms with van der Waals surface area (Å²) in [6.07, 6.45) is -6.44. The number of hydrogen-bond acceptors (Lipinski definition) is 4. The summed E-state index contributed by atoms with van der Waals surface area (Å²) < 4.78 is 102. The van der Waals surface area contributed by atoms with E-state index >= 15 is 0 Å². The largest absolute Gasteiger partial charge is 0.395 e. The minimum atomic E-state index is -3.31. The molecule has 0 radical (unpaired) electrons. The van der Waals surface area contributed by atoms with E-state index in [2.05, 4.69) is 10.6 Å². The van der Waals surface area contributed by atoms with Gasteiger partial charge in [-0.25, -0.2) is 0 Å². The number of rotatable bonds is 9. The lowest BCUT2D eigenvalue weighted by atomic mass is 10.2. The number of nitrogens with one attached hydrogen (secondary N) is 2. The average molecular weight is 218 g/mol. The summed E-state index contributed by atoms with van der Waals surface area (Å²) in [5, 5.41) is 23.2. The predicted octanol–water partition coefficient (Wildman–Crippen LogP) is -0.293. The van der Waals surface area contributed by atoms with Crippen LogP contribution >= 0.6 is 0 Å². The zero-order valence-corrected chi connectivity index (χ0v) is 7.46. The molecule has 4 heteroatoms. The van der Waals surface area contributed by atoms with Crippen LogP contribution in [0, 0.1) is 0 Å². The van der Waals surface area contributed by atoms with Crippen molar-refractivity contribution in [1.82, 2.24) is 10.6 Å². The third-order valence-electron chi connectivity index (χ3n) is 1.37. The van der Waals surface area contributed by atoms with Gasteiger partial charge in [0.1, 0.15) is 0 Å². The fraction of sp³-hybridized carbons (Fsp3) is 1.00. The van der Waals surface area contributed by atoms with Gasteiger partial charge in [-0.1, -0.05) is 13.7 Å². The lowest BCUT2D eigenvalue weighted by Crippen LogP contribution is -2.40. The minimum absolute atomic E-state index is 0.524. The molecule has 0 aromatic rings. The summed E-state index contributed by atoms with van der Waals surface area (Å²) in [6, 6.07) is -4.50. The summed E-state index contributed by atoms with van der Waals surface area (Å²) in [5.74, 6) is 0. The maximum atomic E-state index is 9.48. The first-order chi connectivity index (χ1) is 12.0. The monoisotopic (exact) mass is 218 g/mol. The Labute approximate surface area is 106 Å². The van der Waals surface area contributed by atoms with E-state index in [4.69, 9.17) is 19.2 Å². The summed E-state index contributed by atoms with van der Waals surface area (Å²) >= 11 is 0. The second-order valence-electron chi connectivity index (χ2n) is 2.32. The Morgan fingerprint density at radius 2 is 1.50 bits per heavy atom. The lowest BCUT2D eigenvalue weighted by molar-refractivity contribution is 0.229. The van der Waals surface area contributed by atoms with Gasteiger partial charge in [-0.2, -0.15) is 0 Å². The Bertz CT molecular complexity index is 460. The molecule has 0 heterocycles. The first kappa shape index (κ1) is 3.17. The molecule has 0 aliphatic heterocycles. The van der Waals surface area contributed by atoms with Gasteiger partial charge in [0.2, 0.25) is 0 Å². The molecule has 4 nitrogen and oxygen atoms in total. The van der Waals surface area contributed by atoms with Crippen molar-refractivity contribution in [3.05, 3.63) is 0 Å². The fourth-order valence-electron chi connectivity index (χ4n) is 0.691. The van der Waals surface area contributed by atoms with Crippen molar-refractivity contribution in [2.75, 3.05) is 26.2 Å². The highest BCUT2D eigenvalue weighted by Gasteiger charge is 2.04. The maximum Gasteiger partial charge on any atom is 0.0584 e. The van der Waals surface area contributed by atoms with Gasteiger partial charge in [-0.15, -0.1) is 0 Å². The molecule has 0 aromatic carbocycles. The van der Waals surface area contributed by atoms with Gasteiger partial charge in [-0.05, 0) is 12.7 Å². The zero-order chi connectivity index (χ0) is 23.0. The van der Waals surface area contributed by atoms with Crippen molar-refractivity contribution in [3.8, 4) is 0 Å². The van der Waals surface area contributed by atoms with Crippen LogP contribution in [-0.4, -0.2) is 48.5 Å². The van der Waals surface area contributed by atoms with Crippen LogP contribution in [0.4, 0.5) is 0 Å². The lowest BCUT2D eigenvalue weighted by Gasteiger charge is -2.17. The smallest absolute Gasteiger partial charge is 0.0584 e. The maximum absolute atomic E-state index is 9.48. The molecular formula is C10H24N2O2. The van der Waals surface area contributed by atoms with Gasteiger partial charge in [0.15, 0.2) is 0 Å². The van der Waals surface area contributed by atoms with Crippen LogP contribution in [0.25, 0.3) is 0 Å². The third-order valence-corrected chi connectivity index (χ3v) is 1.37. The van der Waals surface area contributed by atoms with E-state index in [0.717, 1.165) is 0 Å².